The van der Waals surface area contributed by atoms with Crippen molar-refractivity contribution in [2.75, 3.05) is 13.2 Å². The molecule has 0 atom stereocenters. The number of amides is 1. The quantitative estimate of drug-likeness (QED) is 0.410. The molecule has 0 aromatic heterocycles. The smallest absolute Gasteiger partial charge is 0.338 e. The second kappa shape index (κ2) is 9.42. The summed E-state index contributed by atoms with van der Waals surface area (Å²) in [5.41, 5.74) is 2.87. The largest absolute Gasteiger partial charge is 0.460 e. The molecule has 1 amide bonds. The van der Waals surface area contributed by atoms with Gasteiger partial charge in [0.1, 0.15) is 6.61 Å². The van der Waals surface area contributed by atoms with E-state index in [9.17, 15) is 9.59 Å². The van der Waals surface area contributed by atoms with E-state index in [1.165, 1.54) is 5.56 Å². The van der Waals surface area contributed by atoms with E-state index >= 15 is 0 Å². The highest BCUT2D eigenvalue weighted by Gasteiger charge is 2.07. The van der Waals surface area contributed by atoms with Crippen molar-refractivity contribution >= 4 is 34.5 Å². The molecular formula is C19H20INO3. The van der Waals surface area contributed by atoms with Gasteiger partial charge in [0.2, 0.25) is 5.91 Å². The third kappa shape index (κ3) is 6.31. The number of ether oxygens (including phenoxy) is 1. The van der Waals surface area contributed by atoms with Crippen LogP contribution in [-0.4, -0.2) is 25.0 Å². The molecule has 0 aliphatic heterocycles. The van der Waals surface area contributed by atoms with Crippen LogP contribution in [-0.2, 0) is 16.0 Å². The Balaban J connectivity index is 1.64. The fraction of sp³-hybridized carbons (Fsp3) is 0.263. The standard InChI is InChI=1S/C19H20INO3/c1-14-5-7-15(8-6-14)9-10-18(22)21-11-12-24-19(23)16-3-2-4-17(20)13-16/h2-8,13H,9-12H2,1H3,(H,21,22). The van der Waals surface area contributed by atoms with Crippen molar-refractivity contribution in [3.8, 4) is 0 Å². The number of nitrogens with one attached hydrogen (secondary N) is 1. The summed E-state index contributed by atoms with van der Waals surface area (Å²) in [5, 5.41) is 2.76. The van der Waals surface area contributed by atoms with Gasteiger partial charge < -0.3 is 10.1 Å². The fourth-order valence-corrected chi connectivity index (χ4v) is 2.68. The lowest BCUT2D eigenvalue weighted by Gasteiger charge is -2.07. The summed E-state index contributed by atoms with van der Waals surface area (Å²) >= 11 is 2.14. The highest BCUT2D eigenvalue weighted by molar-refractivity contribution is 14.1. The van der Waals surface area contributed by atoms with E-state index < -0.39 is 0 Å². The van der Waals surface area contributed by atoms with Gasteiger partial charge in [0, 0.05) is 9.99 Å². The maximum atomic E-state index is 11.8. The van der Waals surface area contributed by atoms with E-state index in [-0.39, 0.29) is 18.5 Å². The molecular weight excluding hydrogens is 417 g/mol. The van der Waals surface area contributed by atoms with Crippen LogP contribution in [0.5, 0.6) is 0 Å². The van der Waals surface area contributed by atoms with Crippen molar-refractivity contribution in [1.29, 1.82) is 0 Å². The summed E-state index contributed by atoms with van der Waals surface area (Å²) in [6.07, 6.45) is 1.13. The lowest BCUT2D eigenvalue weighted by Crippen LogP contribution is -2.28. The number of esters is 1. The zero-order valence-electron chi connectivity index (χ0n) is 13.5. The maximum absolute atomic E-state index is 11.8. The number of carbonyl (C=O) groups excluding carboxylic acids is 2. The topological polar surface area (TPSA) is 55.4 Å². The Morgan fingerprint density at radius 2 is 1.88 bits per heavy atom. The monoisotopic (exact) mass is 437 g/mol. The van der Waals surface area contributed by atoms with Crippen LogP contribution < -0.4 is 5.32 Å². The minimum absolute atomic E-state index is 0.0408. The number of hydrogen-bond acceptors (Lipinski definition) is 3. The van der Waals surface area contributed by atoms with Crippen LogP contribution in [0.3, 0.4) is 0 Å². The van der Waals surface area contributed by atoms with Gasteiger partial charge in [0.15, 0.2) is 0 Å². The van der Waals surface area contributed by atoms with E-state index in [2.05, 4.69) is 27.9 Å². The summed E-state index contributed by atoms with van der Waals surface area (Å²) in [5.74, 6) is -0.414. The summed E-state index contributed by atoms with van der Waals surface area (Å²) in [4.78, 5) is 23.6. The predicted molar refractivity (Wildman–Crippen MR) is 102 cm³/mol. The molecule has 0 radical (unpaired) electrons. The normalized spacial score (nSPS) is 10.2. The first-order valence-corrected chi connectivity index (χ1v) is 8.87. The van der Waals surface area contributed by atoms with Crippen LogP contribution >= 0.6 is 22.6 Å². The molecule has 2 aromatic carbocycles. The fourth-order valence-electron chi connectivity index (χ4n) is 2.13. The van der Waals surface area contributed by atoms with Crippen LogP contribution in [0, 0.1) is 10.5 Å². The van der Waals surface area contributed by atoms with E-state index in [1.54, 1.807) is 12.1 Å². The van der Waals surface area contributed by atoms with Crippen molar-refractivity contribution in [3.63, 3.8) is 0 Å². The number of carbonyl (C=O) groups is 2. The third-order valence-corrected chi connectivity index (χ3v) is 4.15. The summed E-state index contributed by atoms with van der Waals surface area (Å²) < 4.78 is 6.13. The van der Waals surface area contributed by atoms with Gasteiger partial charge in [-0.15, -0.1) is 0 Å². The van der Waals surface area contributed by atoms with Crippen LogP contribution in [0.15, 0.2) is 48.5 Å². The summed E-state index contributed by atoms with van der Waals surface area (Å²) in [6.45, 7) is 2.52. The molecule has 24 heavy (non-hydrogen) atoms. The van der Waals surface area contributed by atoms with Crippen LogP contribution in [0.4, 0.5) is 0 Å². The van der Waals surface area contributed by atoms with Gasteiger partial charge in [-0.1, -0.05) is 35.9 Å². The molecule has 5 heteroatoms. The van der Waals surface area contributed by atoms with Crippen molar-refractivity contribution in [2.24, 2.45) is 0 Å². The number of hydrogen-bond donors (Lipinski definition) is 1. The molecule has 0 fully saturated rings. The molecule has 2 rings (SSSR count). The Bertz CT molecular complexity index is 698. The van der Waals surface area contributed by atoms with Gasteiger partial charge in [-0.05, 0) is 59.7 Å². The Morgan fingerprint density at radius 1 is 1.12 bits per heavy atom. The van der Waals surface area contributed by atoms with Gasteiger partial charge in [-0.25, -0.2) is 4.79 Å². The molecule has 0 aliphatic rings. The molecule has 0 spiro atoms. The molecule has 126 valence electrons. The molecule has 0 bridgehead atoms. The third-order valence-electron chi connectivity index (χ3n) is 3.48. The average Bonchev–Trinajstić information content (AvgIpc) is 2.58. The average molecular weight is 437 g/mol. The molecule has 1 N–H and O–H groups in total. The molecule has 0 heterocycles. The van der Waals surface area contributed by atoms with Crippen LogP contribution in [0.1, 0.15) is 27.9 Å². The zero-order valence-corrected chi connectivity index (χ0v) is 15.7. The van der Waals surface area contributed by atoms with Gasteiger partial charge >= 0.3 is 5.97 Å². The van der Waals surface area contributed by atoms with Crippen molar-refractivity contribution in [3.05, 3.63) is 68.8 Å². The number of rotatable bonds is 7. The molecule has 0 aliphatic carbocycles. The Kier molecular flexibility index (Phi) is 7.24. The molecule has 0 saturated carbocycles. The van der Waals surface area contributed by atoms with Gasteiger partial charge in [0.25, 0.3) is 0 Å². The second-order valence-electron chi connectivity index (χ2n) is 5.48. The highest BCUT2D eigenvalue weighted by atomic mass is 127. The molecule has 0 unspecified atom stereocenters. The van der Waals surface area contributed by atoms with Crippen LogP contribution in [0.2, 0.25) is 0 Å². The van der Waals surface area contributed by atoms with Crippen LogP contribution in [0.25, 0.3) is 0 Å². The molecule has 4 nitrogen and oxygen atoms in total. The van der Waals surface area contributed by atoms with Crippen molar-refractivity contribution in [1.82, 2.24) is 5.32 Å². The summed E-state index contributed by atoms with van der Waals surface area (Å²) in [6, 6.07) is 15.3. The molecule has 0 saturated heterocycles. The summed E-state index contributed by atoms with van der Waals surface area (Å²) in [7, 11) is 0. The zero-order chi connectivity index (χ0) is 17.4. The number of halogens is 1. The first-order chi connectivity index (χ1) is 11.5. The maximum Gasteiger partial charge on any atom is 0.338 e. The van der Waals surface area contributed by atoms with Crippen molar-refractivity contribution in [2.45, 2.75) is 19.8 Å². The molecule has 2 aromatic rings. The SMILES string of the molecule is Cc1ccc(CCC(=O)NCCOC(=O)c2cccc(I)c2)cc1. The lowest BCUT2D eigenvalue weighted by molar-refractivity contribution is -0.121. The predicted octanol–water partition coefficient (Wildman–Crippen LogP) is 3.51. The second-order valence-corrected chi connectivity index (χ2v) is 6.73. The van der Waals surface area contributed by atoms with Gasteiger partial charge in [0.05, 0.1) is 12.1 Å². The minimum Gasteiger partial charge on any atom is -0.460 e. The first-order valence-electron chi connectivity index (χ1n) is 7.79. The Morgan fingerprint density at radius 3 is 2.58 bits per heavy atom. The van der Waals surface area contributed by atoms with Crippen molar-refractivity contribution < 1.29 is 14.3 Å². The Labute approximate surface area is 155 Å². The lowest BCUT2D eigenvalue weighted by atomic mass is 10.1. The first kappa shape index (κ1) is 18.4. The van der Waals surface area contributed by atoms with E-state index in [4.69, 9.17) is 4.74 Å². The van der Waals surface area contributed by atoms with E-state index in [1.807, 2.05) is 43.3 Å². The highest BCUT2D eigenvalue weighted by Crippen LogP contribution is 2.09. The van der Waals surface area contributed by atoms with E-state index in [0.717, 1.165) is 9.13 Å². The van der Waals surface area contributed by atoms with Gasteiger partial charge in [-0.2, -0.15) is 0 Å². The minimum atomic E-state index is -0.373. The van der Waals surface area contributed by atoms with E-state index in [0.29, 0.717) is 24.9 Å². The van der Waals surface area contributed by atoms with Gasteiger partial charge in [-0.3, -0.25) is 4.79 Å². The number of benzene rings is 2. The Hall–Kier alpha value is -1.89. The number of aryl methyl sites for hydroxylation is 2.